The van der Waals surface area contributed by atoms with Crippen LogP contribution < -0.4 is 12.4 Å². The molecule has 9 heavy (non-hydrogen) atoms. The minimum atomic E-state index is 0. The van der Waals surface area contributed by atoms with E-state index in [1.807, 2.05) is 9.24 Å². The molecular weight excluding hydrogens is 154 g/mol. The normalized spacial score (nSPS) is 9.00. The van der Waals surface area contributed by atoms with Gasteiger partial charge in [0.2, 0.25) is 0 Å². The summed E-state index contributed by atoms with van der Waals surface area (Å²) in [6, 6.07) is 0. The molecule has 0 heterocycles. The van der Waals surface area contributed by atoms with Crippen LogP contribution in [0, 0.1) is 0 Å². The molecule has 58 valence electrons. The van der Waals surface area contributed by atoms with Gasteiger partial charge in [-0.2, -0.15) is 0 Å². The Morgan fingerprint density at radius 2 is 1.56 bits per heavy atom. The first-order chi connectivity index (χ1) is 3.91. The Balaban J connectivity index is 0. The lowest BCUT2D eigenvalue weighted by Gasteiger charge is -1.91. The fourth-order valence-corrected chi connectivity index (χ4v) is 0.996. The molecule has 0 aromatic heterocycles. The molecule has 0 aliphatic rings. The monoisotopic (exact) mass is 170 g/mol. The maximum atomic E-state index is 8.37. The maximum absolute atomic E-state index is 8.37. The van der Waals surface area contributed by atoms with Gasteiger partial charge in [-0.05, 0) is 28.5 Å². The van der Waals surface area contributed by atoms with Crippen molar-refractivity contribution in [3.8, 4) is 0 Å². The highest BCUT2D eigenvalue weighted by Crippen LogP contribution is 2.00. The zero-order valence-electron chi connectivity index (χ0n) is 5.77. The van der Waals surface area contributed by atoms with Crippen molar-refractivity contribution in [3.05, 3.63) is 0 Å². The Bertz CT molecular complexity index is 38.0. The zero-order valence-corrected chi connectivity index (χ0v) is 7.95. The summed E-state index contributed by atoms with van der Waals surface area (Å²) in [6.45, 7) is 0.367. The molecule has 0 spiro atoms. The standard InChI is InChI=1S/C6H15OP.ClH/c7-5-3-1-2-4-6-8;/h7H,1-6,8H2;1H. The Kier molecular flexibility index (Phi) is 15.8. The van der Waals surface area contributed by atoms with Crippen molar-refractivity contribution in [3.63, 3.8) is 0 Å². The van der Waals surface area contributed by atoms with Gasteiger partial charge in [0.15, 0.2) is 0 Å². The number of hydrogen-bond acceptors (Lipinski definition) is 1. The van der Waals surface area contributed by atoms with Gasteiger partial charge >= 0.3 is 0 Å². The Labute approximate surface area is 65.8 Å². The third kappa shape index (κ3) is 12.0. The highest BCUT2D eigenvalue weighted by Gasteiger charge is 1.85. The van der Waals surface area contributed by atoms with Crippen LogP contribution in [-0.4, -0.2) is 17.9 Å². The molecule has 0 fully saturated rings. The average Bonchev–Trinajstić information content (AvgIpc) is 1.81. The molecule has 0 radical (unpaired) electrons. The predicted octanol–water partition coefficient (Wildman–Crippen LogP) is -1.85. The van der Waals surface area contributed by atoms with E-state index in [4.69, 9.17) is 5.11 Å². The smallest absolute Gasteiger partial charge is 0.0526 e. The second kappa shape index (κ2) is 11.5. The zero-order chi connectivity index (χ0) is 6.24. The molecule has 0 aromatic rings. The molecule has 1 N–H and O–H groups in total. The quantitative estimate of drug-likeness (QED) is 0.380. The van der Waals surface area contributed by atoms with Crippen molar-refractivity contribution < 1.29 is 17.5 Å². The molecule has 0 aliphatic carbocycles. The molecule has 0 rings (SSSR count). The van der Waals surface area contributed by atoms with Crippen molar-refractivity contribution in [1.82, 2.24) is 0 Å². The van der Waals surface area contributed by atoms with Crippen LogP contribution in [0.15, 0.2) is 0 Å². The molecule has 1 nitrogen and oxygen atoms in total. The van der Waals surface area contributed by atoms with Crippen LogP contribution in [0.3, 0.4) is 0 Å². The number of halogens is 1. The lowest BCUT2D eigenvalue weighted by molar-refractivity contribution is -0.00000281. The van der Waals surface area contributed by atoms with Crippen LogP contribution in [-0.2, 0) is 0 Å². The number of aliphatic hydroxyl groups is 1. The third-order valence-electron chi connectivity index (χ3n) is 1.16. The molecular formula is C6H16ClOP. The molecule has 0 bridgehead atoms. The lowest BCUT2D eigenvalue weighted by Crippen LogP contribution is -3.00. The van der Waals surface area contributed by atoms with Crippen molar-refractivity contribution in [2.45, 2.75) is 25.7 Å². The molecule has 0 saturated heterocycles. The second-order valence-corrected chi connectivity index (χ2v) is 2.70. The Morgan fingerprint density at radius 3 is 2.00 bits per heavy atom. The van der Waals surface area contributed by atoms with Gasteiger partial charge in [0, 0.05) is 6.61 Å². The van der Waals surface area contributed by atoms with Crippen LogP contribution in [0.4, 0.5) is 0 Å². The molecule has 0 saturated carbocycles. The summed E-state index contributed by atoms with van der Waals surface area (Å²) >= 11 is 0. The summed E-state index contributed by atoms with van der Waals surface area (Å²) in [5.41, 5.74) is 0. The minimum absolute atomic E-state index is 0. The first-order valence-corrected chi connectivity index (χ1v) is 4.32. The highest BCUT2D eigenvalue weighted by molar-refractivity contribution is 7.16. The number of unbranched alkanes of at least 4 members (excludes halogenated alkanes) is 3. The van der Waals surface area contributed by atoms with E-state index >= 15 is 0 Å². The summed E-state index contributed by atoms with van der Waals surface area (Å²) < 4.78 is 0. The van der Waals surface area contributed by atoms with Crippen molar-refractivity contribution >= 4 is 9.24 Å². The number of hydrogen-bond donors (Lipinski definition) is 1. The largest absolute Gasteiger partial charge is 1.00 e. The van der Waals surface area contributed by atoms with Gasteiger partial charge in [-0.1, -0.05) is 6.42 Å². The van der Waals surface area contributed by atoms with Crippen LogP contribution >= 0.6 is 9.24 Å². The topological polar surface area (TPSA) is 20.2 Å². The van der Waals surface area contributed by atoms with E-state index in [0.717, 1.165) is 6.42 Å². The second-order valence-electron chi connectivity index (χ2n) is 1.99. The van der Waals surface area contributed by atoms with Gasteiger partial charge in [-0.25, -0.2) is 0 Å². The van der Waals surface area contributed by atoms with E-state index in [1.54, 1.807) is 0 Å². The van der Waals surface area contributed by atoms with Crippen molar-refractivity contribution in [2.75, 3.05) is 12.8 Å². The maximum Gasteiger partial charge on any atom is 0.0526 e. The SMILES string of the molecule is OCCCCCC[PH3+].[Cl-]. The van der Waals surface area contributed by atoms with Gasteiger partial charge < -0.3 is 17.5 Å². The van der Waals surface area contributed by atoms with Crippen LogP contribution in [0.25, 0.3) is 0 Å². The Hall–Kier alpha value is 0.680. The van der Waals surface area contributed by atoms with Gasteiger partial charge in [-0.15, -0.1) is 0 Å². The summed E-state index contributed by atoms with van der Waals surface area (Å²) in [4.78, 5) is 0. The molecule has 1 atom stereocenters. The van der Waals surface area contributed by atoms with E-state index in [2.05, 4.69) is 0 Å². The van der Waals surface area contributed by atoms with Gasteiger partial charge in [0.25, 0.3) is 0 Å². The van der Waals surface area contributed by atoms with E-state index in [-0.39, 0.29) is 12.4 Å². The fraction of sp³-hybridized carbons (Fsp3) is 1.00. The summed E-state index contributed by atoms with van der Waals surface area (Å²) in [6.07, 6.45) is 6.13. The number of aliphatic hydroxyl groups excluding tert-OH is 1. The van der Waals surface area contributed by atoms with Gasteiger partial charge in [-0.3, -0.25) is 0 Å². The summed E-state index contributed by atoms with van der Waals surface area (Å²) in [7, 11) is 2.02. The summed E-state index contributed by atoms with van der Waals surface area (Å²) in [5, 5.41) is 8.37. The fourth-order valence-electron chi connectivity index (χ4n) is 0.642. The van der Waals surface area contributed by atoms with E-state index in [0.29, 0.717) is 6.61 Å². The van der Waals surface area contributed by atoms with Crippen LogP contribution in [0.2, 0.25) is 0 Å². The molecule has 1 unspecified atom stereocenters. The summed E-state index contributed by atoms with van der Waals surface area (Å²) in [5.74, 6) is 0. The highest BCUT2D eigenvalue weighted by atomic mass is 35.5. The third-order valence-corrected chi connectivity index (χ3v) is 1.66. The first-order valence-electron chi connectivity index (χ1n) is 3.32. The molecule has 0 aliphatic heterocycles. The van der Waals surface area contributed by atoms with E-state index in [1.165, 1.54) is 25.4 Å². The average molecular weight is 171 g/mol. The van der Waals surface area contributed by atoms with Crippen LogP contribution in [0.5, 0.6) is 0 Å². The van der Waals surface area contributed by atoms with Crippen LogP contribution in [0.1, 0.15) is 25.7 Å². The Morgan fingerprint density at radius 1 is 1.00 bits per heavy atom. The van der Waals surface area contributed by atoms with E-state index < -0.39 is 0 Å². The van der Waals surface area contributed by atoms with E-state index in [9.17, 15) is 0 Å². The molecule has 0 aromatic carbocycles. The number of rotatable bonds is 5. The lowest BCUT2D eigenvalue weighted by atomic mass is 10.2. The van der Waals surface area contributed by atoms with Gasteiger partial charge in [0.05, 0.1) is 6.16 Å². The first kappa shape index (κ1) is 12.4. The molecule has 0 amide bonds. The molecule has 3 heteroatoms. The predicted molar refractivity (Wildman–Crippen MR) is 41.5 cm³/mol. The van der Waals surface area contributed by atoms with Crippen molar-refractivity contribution in [1.29, 1.82) is 0 Å². The minimum Gasteiger partial charge on any atom is -1.00 e. The van der Waals surface area contributed by atoms with Gasteiger partial charge in [0.1, 0.15) is 0 Å². The van der Waals surface area contributed by atoms with Crippen molar-refractivity contribution in [2.24, 2.45) is 0 Å².